The van der Waals surface area contributed by atoms with Crippen LogP contribution in [0.3, 0.4) is 0 Å². The molecule has 0 atom stereocenters. The molecule has 1 aromatic heterocycles. The van der Waals surface area contributed by atoms with Crippen LogP contribution in [0.2, 0.25) is 15.1 Å². The Morgan fingerprint density at radius 1 is 0.661 bits per heavy atom. The van der Waals surface area contributed by atoms with Gasteiger partial charge in [-0.05, 0) is 58.8 Å². The van der Waals surface area contributed by atoms with Crippen LogP contribution in [0.1, 0.15) is 80.1 Å². The molecule has 1 N–H and O–H groups in total. The molecule has 2 aliphatic heterocycles. The second-order valence-corrected chi connectivity index (χ2v) is 16.4. The molecule has 3 heterocycles. The lowest BCUT2D eigenvalue weighted by Crippen LogP contribution is -2.30. The molecule has 0 radical (unpaired) electrons. The van der Waals surface area contributed by atoms with Crippen LogP contribution in [0.5, 0.6) is 0 Å². The fourth-order valence-corrected chi connectivity index (χ4v) is 10.2. The molecule has 9 nitrogen and oxygen atoms in total. The molecule has 3 aliphatic rings. The number of imide groups is 1. The number of pyridine rings is 1. The fourth-order valence-electron chi connectivity index (χ4n) is 8.10. The summed E-state index contributed by atoms with van der Waals surface area (Å²) < 4.78 is 1.22. The van der Waals surface area contributed by atoms with E-state index in [1.165, 1.54) is 22.4 Å². The molecular weight excluding hydrogens is 829 g/mol. The van der Waals surface area contributed by atoms with Crippen molar-refractivity contribution in [1.82, 2.24) is 4.98 Å². The second kappa shape index (κ2) is 14.0. The summed E-state index contributed by atoms with van der Waals surface area (Å²) in [6.07, 6.45) is 0. The Kier molecular flexibility index (Phi) is 8.80. The third-order valence-corrected chi connectivity index (χ3v) is 13.6. The Balaban J connectivity index is 1.11. The first-order chi connectivity index (χ1) is 28.5. The summed E-state index contributed by atoms with van der Waals surface area (Å²) in [6.45, 7) is -0.117. The number of aromatic nitrogens is 1. The van der Waals surface area contributed by atoms with Gasteiger partial charge in [-0.1, -0.05) is 108 Å². The molecule has 0 saturated heterocycles. The first kappa shape index (κ1) is 37.1. The fraction of sp³-hybridized carbons (Fsp3) is 0.0652. The molecule has 6 aromatic carbocycles. The summed E-state index contributed by atoms with van der Waals surface area (Å²) >= 11 is 21.7. The number of thioether (sulfide) groups is 1. The van der Waals surface area contributed by atoms with Gasteiger partial charge in [-0.15, -0.1) is 16.3 Å². The normalized spacial score (nSPS) is 15.0. The van der Waals surface area contributed by atoms with Gasteiger partial charge in [-0.3, -0.25) is 19.2 Å². The zero-order valence-corrected chi connectivity index (χ0v) is 33.4. The predicted molar refractivity (Wildman–Crippen MR) is 227 cm³/mol. The van der Waals surface area contributed by atoms with Crippen LogP contribution >= 0.6 is 46.6 Å². The van der Waals surface area contributed by atoms with Crippen molar-refractivity contribution in [1.29, 1.82) is 0 Å². The van der Waals surface area contributed by atoms with Gasteiger partial charge in [-0.25, -0.2) is 14.7 Å². The van der Waals surface area contributed by atoms with Gasteiger partial charge < -0.3 is 5.11 Å². The van der Waals surface area contributed by atoms with Gasteiger partial charge in [0, 0.05) is 32.7 Å². The van der Waals surface area contributed by atoms with Crippen LogP contribution in [0.4, 0.5) is 5.69 Å². The maximum absolute atomic E-state index is 14.5. The highest BCUT2D eigenvalue weighted by Crippen LogP contribution is 2.49. The van der Waals surface area contributed by atoms with E-state index in [1.807, 2.05) is 54.6 Å². The summed E-state index contributed by atoms with van der Waals surface area (Å²) in [5.41, 5.74) is 2.61. The SMILES string of the molecule is O=C1c2cc3ccccc3cc2C(=O)C1c1ccc2c(C[N+]3=C(O)c4ccccc4C3=O)ccc(N3C(=O)c4c(Cl)c(Cl)c(SCc5ccccc5)c(Cl)c4C3=O)c2n1. The summed E-state index contributed by atoms with van der Waals surface area (Å²) in [5.74, 6) is -3.96. The van der Waals surface area contributed by atoms with Crippen molar-refractivity contribution in [3.05, 3.63) is 181 Å². The second-order valence-electron chi connectivity index (χ2n) is 14.3. The minimum Gasteiger partial charge on any atom is -0.459 e. The number of carbonyl (C=O) groups excluding carboxylic acids is 5. The van der Waals surface area contributed by atoms with Crippen molar-refractivity contribution in [3.8, 4) is 0 Å². The van der Waals surface area contributed by atoms with Crippen LogP contribution in [-0.4, -0.2) is 49.9 Å². The van der Waals surface area contributed by atoms with Gasteiger partial charge >= 0.3 is 11.8 Å². The van der Waals surface area contributed by atoms with Crippen molar-refractivity contribution in [2.45, 2.75) is 23.1 Å². The Morgan fingerprint density at radius 3 is 1.93 bits per heavy atom. The molecule has 0 fully saturated rings. The van der Waals surface area contributed by atoms with E-state index < -0.39 is 35.2 Å². The maximum atomic E-state index is 14.5. The predicted octanol–water partition coefficient (Wildman–Crippen LogP) is 10.3. The number of ketones is 2. The lowest BCUT2D eigenvalue weighted by Gasteiger charge is -2.18. The van der Waals surface area contributed by atoms with Crippen LogP contribution in [0.15, 0.2) is 120 Å². The first-order valence-corrected chi connectivity index (χ1v) is 20.4. The number of anilines is 1. The number of amides is 3. The number of aliphatic hydroxyl groups excluding tert-OH is 1. The molecule has 286 valence electrons. The van der Waals surface area contributed by atoms with E-state index in [-0.39, 0.29) is 66.7 Å². The number of Topliss-reactive ketones (excluding diaryl/α,β-unsaturated/α-hetero) is 2. The van der Waals surface area contributed by atoms with Gasteiger partial charge in [0.05, 0.1) is 43.1 Å². The van der Waals surface area contributed by atoms with E-state index in [0.717, 1.165) is 21.2 Å². The van der Waals surface area contributed by atoms with Crippen molar-refractivity contribution in [2.75, 3.05) is 4.90 Å². The molecule has 0 bridgehead atoms. The van der Waals surface area contributed by atoms with Crippen molar-refractivity contribution in [3.63, 3.8) is 0 Å². The highest BCUT2D eigenvalue weighted by Gasteiger charge is 2.45. The summed E-state index contributed by atoms with van der Waals surface area (Å²) in [7, 11) is 0. The highest BCUT2D eigenvalue weighted by atomic mass is 35.5. The minimum absolute atomic E-state index is 0.0175. The lowest BCUT2D eigenvalue weighted by atomic mass is 9.97. The number of halogens is 3. The zero-order valence-electron chi connectivity index (χ0n) is 30.3. The Bertz CT molecular complexity index is 3100. The van der Waals surface area contributed by atoms with Crippen LogP contribution in [0.25, 0.3) is 21.7 Å². The number of benzene rings is 6. The summed E-state index contributed by atoms with van der Waals surface area (Å²) in [6, 6.07) is 33.4. The molecular formula is C46H25Cl3N3O6S+. The standard InChI is InChI=1S/C46H24Cl3N3O6S/c47-36-34-35(37(48)42(38(36)49)59-21-22-8-2-1-3-9-22)46(58)52(45(34)57)32-17-14-25(20-51-43(55)27-12-6-7-13-28(27)44(51)56)26-15-16-31(50-39(26)32)33-40(53)29-18-23-10-4-5-11-24(23)19-30(29)41(33)54/h1-19,33H,20-21H2/p+1. The van der Waals surface area contributed by atoms with Crippen LogP contribution in [0, 0.1) is 0 Å². The van der Waals surface area contributed by atoms with Crippen molar-refractivity contribution >= 4 is 109 Å². The van der Waals surface area contributed by atoms with E-state index in [2.05, 4.69) is 0 Å². The smallest absolute Gasteiger partial charge is 0.423 e. The number of hydrogen-bond acceptors (Lipinski definition) is 7. The van der Waals surface area contributed by atoms with E-state index in [1.54, 1.807) is 54.6 Å². The Morgan fingerprint density at radius 2 is 1.27 bits per heavy atom. The van der Waals surface area contributed by atoms with Gasteiger partial charge in [0.1, 0.15) is 17.0 Å². The van der Waals surface area contributed by atoms with E-state index in [0.29, 0.717) is 32.7 Å². The lowest BCUT2D eigenvalue weighted by molar-refractivity contribution is -0.449. The Hall–Kier alpha value is -6.17. The Labute approximate surface area is 354 Å². The molecule has 3 amide bonds. The zero-order chi connectivity index (χ0) is 40.9. The summed E-state index contributed by atoms with van der Waals surface area (Å²) in [5, 5.41) is 13.0. The molecule has 7 aromatic rings. The number of hydrogen-bond donors (Lipinski definition) is 1. The molecule has 1 aliphatic carbocycles. The molecule has 59 heavy (non-hydrogen) atoms. The third kappa shape index (κ3) is 5.66. The number of aliphatic hydroxyl groups is 1. The third-order valence-electron chi connectivity index (χ3n) is 11.0. The largest absolute Gasteiger partial charge is 0.459 e. The average Bonchev–Trinajstić information content (AvgIpc) is 3.76. The maximum Gasteiger partial charge on any atom is 0.423 e. The van der Waals surface area contributed by atoms with E-state index in [4.69, 9.17) is 39.8 Å². The van der Waals surface area contributed by atoms with Gasteiger partial charge in [-0.2, -0.15) is 0 Å². The first-order valence-electron chi connectivity index (χ1n) is 18.3. The van der Waals surface area contributed by atoms with Gasteiger partial charge in [0.25, 0.3) is 11.8 Å². The molecule has 10 rings (SSSR count). The number of rotatable bonds is 7. The minimum atomic E-state index is -1.30. The van der Waals surface area contributed by atoms with Crippen molar-refractivity contribution < 1.29 is 33.7 Å². The monoisotopic (exact) mass is 852 g/mol. The quantitative estimate of drug-likeness (QED) is 0.0553. The van der Waals surface area contributed by atoms with Crippen LogP contribution < -0.4 is 4.90 Å². The molecule has 13 heteroatoms. The topological polar surface area (TPSA) is 125 Å². The molecule has 0 unspecified atom stereocenters. The highest BCUT2D eigenvalue weighted by molar-refractivity contribution is 7.98. The van der Waals surface area contributed by atoms with E-state index in [9.17, 15) is 29.1 Å². The number of carbonyl (C=O) groups is 5. The molecule has 0 spiro atoms. The van der Waals surface area contributed by atoms with Gasteiger partial charge in [0.15, 0.2) is 18.1 Å². The van der Waals surface area contributed by atoms with Crippen LogP contribution in [-0.2, 0) is 12.3 Å². The van der Waals surface area contributed by atoms with Crippen molar-refractivity contribution in [2.24, 2.45) is 0 Å². The van der Waals surface area contributed by atoms with Gasteiger partial charge in [0.2, 0.25) is 0 Å². The number of nitrogens with zero attached hydrogens (tertiary/aromatic N) is 3. The van der Waals surface area contributed by atoms with E-state index >= 15 is 0 Å². The number of fused-ring (bicyclic) bond motifs is 5. The molecule has 0 saturated carbocycles. The summed E-state index contributed by atoms with van der Waals surface area (Å²) in [4.78, 5) is 76.7. The average molecular weight is 854 g/mol.